The van der Waals surface area contributed by atoms with Gasteiger partial charge in [-0.15, -0.1) is 0 Å². The molecule has 1 aromatic rings. The van der Waals surface area contributed by atoms with Gasteiger partial charge in [0.15, 0.2) is 0 Å². The first-order chi connectivity index (χ1) is 6.93. The average Bonchev–Trinajstić information content (AvgIpc) is 2.89. The molecule has 0 bridgehead atoms. The highest BCUT2D eigenvalue weighted by Crippen LogP contribution is 2.45. The molecule has 3 nitrogen and oxygen atoms in total. The SMILES string of the molecule is CC(C)(C1CC1)n1cc(Br)cc1C(=O)O. The Kier molecular flexibility index (Phi) is 2.41. The van der Waals surface area contributed by atoms with Crippen LogP contribution in [0.5, 0.6) is 0 Å². The van der Waals surface area contributed by atoms with E-state index in [4.69, 9.17) is 5.11 Å². The van der Waals surface area contributed by atoms with Gasteiger partial charge in [0, 0.05) is 16.2 Å². The van der Waals surface area contributed by atoms with E-state index in [0.29, 0.717) is 11.6 Å². The normalized spacial score (nSPS) is 16.7. The Morgan fingerprint density at radius 3 is 2.67 bits per heavy atom. The molecule has 0 unspecified atom stereocenters. The van der Waals surface area contributed by atoms with Gasteiger partial charge in [-0.3, -0.25) is 0 Å². The van der Waals surface area contributed by atoms with Crippen LogP contribution < -0.4 is 0 Å². The Labute approximate surface area is 97.2 Å². The molecular formula is C11H14BrNO2. The predicted octanol–water partition coefficient (Wildman–Crippen LogP) is 3.09. The second-order valence-electron chi connectivity index (χ2n) is 4.65. The summed E-state index contributed by atoms with van der Waals surface area (Å²) in [6.45, 7) is 4.20. The van der Waals surface area contributed by atoms with Crippen molar-refractivity contribution in [3.05, 3.63) is 22.4 Å². The molecular weight excluding hydrogens is 258 g/mol. The van der Waals surface area contributed by atoms with Crippen molar-refractivity contribution >= 4 is 21.9 Å². The van der Waals surface area contributed by atoms with Gasteiger partial charge in [-0.2, -0.15) is 0 Å². The molecule has 0 aliphatic heterocycles. The standard InChI is InChI=1S/C11H14BrNO2/c1-11(2,7-3-4-7)13-6-8(12)5-9(13)10(14)15/h5-7H,3-4H2,1-2H3,(H,14,15). The summed E-state index contributed by atoms with van der Waals surface area (Å²) in [5.74, 6) is -0.260. The minimum atomic E-state index is -0.866. The second kappa shape index (κ2) is 3.37. The quantitative estimate of drug-likeness (QED) is 0.918. The topological polar surface area (TPSA) is 42.2 Å². The number of hydrogen-bond donors (Lipinski definition) is 1. The number of carbonyl (C=O) groups is 1. The molecule has 15 heavy (non-hydrogen) atoms. The van der Waals surface area contributed by atoms with E-state index < -0.39 is 5.97 Å². The van der Waals surface area contributed by atoms with Crippen LogP contribution in [0.2, 0.25) is 0 Å². The van der Waals surface area contributed by atoms with Crippen LogP contribution in [0.15, 0.2) is 16.7 Å². The van der Waals surface area contributed by atoms with E-state index >= 15 is 0 Å². The van der Waals surface area contributed by atoms with Gasteiger partial charge in [0.05, 0.1) is 0 Å². The number of nitrogens with zero attached hydrogens (tertiary/aromatic N) is 1. The summed E-state index contributed by atoms with van der Waals surface area (Å²) in [5.41, 5.74) is 0.263. The fraction of sp³-hybridized carbons (Fsp3) is 0.545. The molecule has 0 radical (unpaired) electrons. The first kappa shape index (κ1) is 10.7. The van der Waals surface area contributed by atoms with Crippen molar-refractivity contribution < 1.29 is 9.90 Å². The van der Waals surface area contributed by atoms with E-state index in [1.54, 1.807) is 6.07 Å². The Bertz CT molecular complexity index is 405. The molecule has 0 amide bonds. The summed E-state index contributed by atoms with van der Waals surface area (Å²) >= 11 is 3.33. The molecule has 82 valence electrons. The number of aromatic carboxylic acids is 1. The largest absolute Gasteiger partial charge is 0.477 e. The maximum absolute atomic E-state index is 11.1. The van der Waals surface area contributed by atoms with Crippen LogP contribution in [0.4, 0.5) is 0 Å². The molecule has 1 N–H and O–H groups in total. The lowest BCUT2D eigenvalue weighted by Crippen LogP contribution is -2.30. The maximum atomic E-state index is 11.1. The average molecular weight is 272 g/mol. The van der Waals surface area contributed by atoms with Crippen molar-refractivity contribution in [3.8, 4) is 0 Å². The molecule has 1 aliphatic carbocycles. The smallest absolute Gasteiger partial charge is 0.352 e. The zero-order valence-corrected chi connectivity index (χ0v) is 10.4. The minimum Gasteiger partial charge on any atom is -0.477 e. The van der Waals surface area contributed by atoms with Crippen molar-refractivity contribution in [1.29, 1.82) is 0 Å². The molecule has 4 heteroatoms. The number of carboxylic acid groups (broad SMARTS) is 1. The summed E-state index contributed by atoms with van der Waals surface area (Å²) in [6, 6.07) is 1.66. The highest BCUT2D eigenvalue weighted by atomic mass is 79.9. The van der Waals surface area contributed by atoms with Gasteiger partial charge in [0.25, 0.3) is 0 Å². The Balaban J connectivity index is 2.46. The summed E-state index contributed by atoms with van der Waals surface area (Å²) in [6.07, 6.45) is 4.26. The van der Waals surface area contributed by atoms with Crippen molar-refractivity contribution in [3.63, 3.8) is 0 Å². The fourth-order valence-corrected chi connectivity index (χ4v) is 2.48. The number of rotatable bonds is 3. The predicted molar refractivity (Wildman–Crippen MR) is 61.1 cm³/mol. The molecule has 0 saturated heterocycles. The van der Waals surface area contributed by atoms with Gasteiger partial charge < -0.3 is 9.67 Å². The molecule has 1 heterocycles. The monoisotopic (exact) mass is 271 g/mol. The summed E-state index contributed by atoms with van der Waals surface area (Å²) in [5, 5.41) is 9.10. The lowest BCUT2D eigenvalue weighted by Gasteiger charge is -2.28. The third-order valence-corrected chi connectivity index (χ3v) is 3.64. The van der Waals surface area contributed by atoms with Crippen LogP contribution in [-0.2, 0) is 5.54 Å². The lowest BCUT2D eigenvalue weighted by atomic mass is 9.98. The molecule has 1 aliphatic rings. The molecule has 0 spiro atoms. The number of carboxylic acids is 1. The van der Waals surface area contributed by atoms with E-state index in [2.05, 4.69) is 29.8 Å². The maximum Gasteiger partial charge on any atom is 0.352 e. The molecule has 2 rings (SSSR count). The summed E-state index contributed by atoms with van der Waals surface area (Å²) in [7, 11) is 0. The van der Waals surface area contributed by atoms with E-state index in [1.807, 2.05) is 10.8 Å². The third kappa shape index (κ3) is 1.83. The zero-order chi connectivity index (χ0) is 11.2. The van der Waals surface area contributed by atoms with Crippen LogP contribution in [0.25, 0.3) is 0 Å². The number of hydrogen-bond acceptors (Lipinski definition) is 1. The van der Waals surface area contributed by atoms with Crippen molar-refractivity contribution in [2.24, 2.45) is 5.92 Å². The van der Waals surface area contributed by atoms with Crippen LogP contribution in [0, 0.1) is 5.92 Å². The molecule has 0 aromatic carbocycles. The van der Waals surface area contributed by atoms with Gasteiger partial charge in [-0.25, -0.2) is 4.79 Å². The summed E-state index contributed by atoms with van der Waals surface area (Å²) in [4.78, 5) is 11.1. The Morgan fingerprint density at radius 2 is 2.20 bits per heavy atom. The van der Waals surface area contributed by atoms with E-state index in [9.17, 15) is 4.79 Å². The Hall–Kier alpha value is -0.770. The fourth-order valence-electron chi connectivity index (χ4n) is 2.06. The van der Waals surface area contributed by atoms with Gasteiger partial charge in [-0.05, 0) is 54.6 Å². The first-order valence-corrected chi connectivity index (χ1v) is 5.84. The van der Waals surface area contributed by atoms with Crippen LogP contribution >= 0.6 is 15.9 Å². The highest BCUT2D eigenvalue weighted by molar-refractivity contribution is 9.10. The lowest BCUT2D eigenvalue weighted by molar-refractivity contribution is 0.0675. The summed E-state index contributed by atoms with van der Waals surface area (Å²) < 4.78 is 2.70. The van der Waals surface area contributed by atoms with Crippen molar-refractivity contribution in [2.45, 2.75) is 32.2 Å². The first-order valence-electron chi connectivity index (χ1n) is 5.04. The van der Waals surface area contributed by atoms with Crippen molar-refractivity contribution in [1.82, 2.24) is 4.57 Å². The minimum absolute atomic E-state index is 0.0975. The molecule has 1 saturated carbocycles. The number of halogens is 1. The van der Waals surface area contributed by atoms with Gasteiger partial charge >= 0.3 is 5.97 Å². The van der Waals surface area contributed by atoms with Crippen molar-refractivity contribution in [2.75, 3.05) is 0 Å². The zero-order valence-electron chi connectivity index (χ0n) is 8.83. The molecule has 1 aromatic heterocycles. The second-order valence-corrected chi connectivity index (χ2v) is 5.56. The van der Waals surface area contributed by atoms with Crippen LogP contribution in [-0.4, -0.2) is 15.6 Å². The van der Waals surface area contributed by atoms with Crippen LogP contribution in [0.1, 0.15) is 37.2 Å². The number of aromatic nitrogens is 1. The Morgan fingerprint density at radius 1 is 1.60 bits per heavy atom. The third-order valence-electron chi connectivity index (χ3n) is 3.20. The van der Waals surface area contributed by atoms with E-state index in [1.165, 1.54) is 12.8 Å². The van der Waals surface area contributed by atoms with Gasteiger partial charge in [0.1, 0.15) is 5.69 Å². The highest BCUT2D eigenvalue weighted by Gasteiger charge is 2.40. The molecule has 0 atom stereocenters. The van der Waals surface area contributed by atoms with Crippen LogP contribution in [0.3, 0.4) is 0 Å². The van der Waals surface area contributed by atoms with E-state index in [0.717, 1.165) is 4.47 Å². The van der Waals surface area contributed by atoms with Gasteiger partial charge in [0.2, 0.25) is 0 Å². The van der Waals surface area contributed by atoms with Gasteiger partial charge in [-0.1, -0.05) is 0 Å². The van der Waals surface area contributed by atoms with E-state index in [-0.39, 0.29) is 5.54 Å². The molecule has 1 fully saturated rings.